The molecule has 0 aromatic rings. The van der Waals surface area contributed by atoms with E-state index in [0.29, 0.717) is 6.42 Å². The average Bonchev–Trinajstić information content (AvgIpc) is 3.28. The fourth-order valence-electron chi connectivity index (χ4n) is 7.84. The molecule has 3 rings (SSSR count). The number of amides is 1. The molecule has 0 radical (unpaired) electrons. The molecule has 3 heterocycles. The van der Waals surface area contributed by atoms with E-state index in [1.54, 1.807) is 6.08 Å². The molecule has 3 saturated heterocycles. The average molecular weight is 922 g/mol. The third-order valence-electron chi connectivity index (χ3n) is 11.7. The second-order valence-electron chi connectivity index (χ2n) is 16.9. The van der Waals surface area contributed by atoms with E-state index in [1.165, 1.54) is 77.2 Å². The highest BCUT2D eigenvalue weighted by Gasteiger charge is 2.53. The van der Waals surface area contributed by atoms with Crippen LogP contribution in [0, 0.1) is 0 Å². The number of unbranched alkanes of at least 4 members (excludes halogenated alkanes) is 12. The minimum atomic E-state index is -1.98. The van der Waals surface area contributed by atoms with Crippen LogP contribution in [0.3, 0.4) is 0 Å². The van der Waals surface area contributed by atoms with E-state index >= 15 is 0 Å². The van der Waals surface area contributed by atoms with Crippen molar-refractivity contribution in [3.63, 3.8) is 0 Å². The van der Waals surface area contributed by atoms with Crippen molar-refractivity contribution in [2.75, 3.05) is 26.4 Å². The maximum atomic E-state index is 12.0. The van der Waals surface area contributed by atoms with Gasteiger partial charge in [-0.2, -0.15) is 0 Å². The van der Waals surface area contributed by atoms with Crippen LogP contribution in [-0.4, -0.2) is 193 Å². The Kier molecular flexibility index (Phi) is 27.4. The molecule has 3 aliphatic rings. The summed E-state index contributed by atoms with van der Waals surface area (Å²) in [7, 11) is 0. The largest absolute Gasteiger partial charge is 0.394 e. The Morgan fingerprint density at radius 2 is 0.969 bits per heavy atom. The van der Waals surface area contributed by atoms with Gasteiger partial charge in [0.05, 0.1) is 38.6 Å². The molecule has 0 bridgehead atoms. The van der Waals surface area contributed by atoms with Gasteiger partial charge in [-0.1, -0.05) is 101 Å². The summed E-state index contributed by atoms with van der Waals surface area (Å²) in [6, 6.07) is -0.994. The number of aliphatic hydroxyl groups is 11. The summed E-state index contributed by atoms with van der Waals surface area (Å²) in [4.78, 5) is 12.0. The van der Waals surface area contributed by atoms with Gasteiger partial charge in [0.25, 0.3) is 0 Å². The van der Waals surface area contributed by atoms with Crippen LogP contribution in [0.5, 0.6) is 0 Å². The van der Waals surface area contributed by atoms with Crippen LogP contribution in [0.4, 0.5) is 0 Å². The van der Waals surface area contributed by atoms with E-state index in [2.05, 4.69) is 36.5 Å². The highest BCUT2D eigenvalue weighted by atomic mass is 16.8. The van der Waals surface area contributed by atoms with Crippen molar-refractivity contribution in [3.8, 4) is 0 Å². The van der Waals surface area contributed by atoms with Crippen LogP contribution in [0.15, 0.2) is 36.5 Å². The topological polar surface area (TPSA) is 307 Å². The van der Waals surface area contributed by atoms with Gasteiger partial charge in [0.2, 0.25) is 5.91 Å². The Morgan fingerprint density at radius 3 is 1.47 bits per heavy atom. The van der Waals surface area contributed by atoms with Gasteiger partial charge in [-0.05, 0) is 38.5 Å². The van der Waals surface area contributed by atoms with Gasteiger partial charge < -0.3 is 89.9 Å². The highest BCUT2D eigenvalue weighted by Crippen LogP contribution is 2.33. The summed E-state index contributed by atoms with van der Waals surface area (Å²) in [5, 5.41) is 118. The van der Waals surface area contributed by atoms with Gasteiger partial charge >= 0.3 is 0 Å². The number of rotatable bonds is 30. The molecular formula is C45H79NO18. The van der Waals surface area contributed by atoms with Crippen molar-refractivity contribution in [1.29, 1.82) is 0 Å². The summed E-state index contributed by atoms with van der Waals surface area (Å²) in [5.74, 6) is -0.469. The molecule has 0 aromatic carbocycles. The molecule has 372 valence electrons. The lowest BCUT2D eigenvalue weighted by Gasteiger charge is -2.48. The van der Waals surface area contributed by atoms with Crippen molar-refractivity contribution < 1.29 is 89.4 Å². The minimum absolute atomic E-state index is 0.388. The summed E-state index contributed by atoms with van der Waals surface area (Å²) < 4.78 is 33.5. The zero-order chi connectivity index (χ0) is 47.0. The number of ether oxygens (including phenoxy) is 6. The molecule has 64 heavy (non-hydrogen) atoms. The standard InChI is InChI=1S/C45H79NO18/c1-3-4-5-6-7-8-9-10-11-12-13-14-15-16-17-18-19-20-21-22-23-30(51)29(46-28(2)50)27-59-43-39(57)36(54)41(32(25-48)61-43)64-45-40(58)37(55)42(33(26-49)62-45)63-44-38(56)35(53)34(52)31(24-47)60-44/h14-15,18-19,22-23,29-45,47-49,51-58H,3-13,16-17,20-21,24-27H2,1-2H3,(H,46,50)/b15-14+,19-18+,23-22+. The molecule has 17 atom stereocenters. The Hall–Kier alpha value is -1.99. The predicted molar refractivity (Wildman–Crippen MR) is 231 cm³/mol. The molecular weight excluding hydrogens is 842 g/mol. The number of hydrogen-bond acceptors (Lipinski definition) is 18. The SMILES string of the molecule is CCCCCCCCCCCC/C=C/CC/C=C/CC/C=C/C(O)C(COC1OC(CO)C(OC2OC(CO)C(OC3OC(CO)C(O)C(O)C3O)C(O)C2O)C(O)C1O)NC(C)=O. The van der Waals surface area contributed by atoms with E-state index < -0.39 is 130 Å². The zero-order valence-corrected chi connectivity index (χ0v) is 37.5. The zero-order valence-electron chi connectivity index (χ0n) is 37.5. The summed E-state index contributed by atoms with van der Waals surface area (Å²) in [6.45, 7) is 0.680. The molecule has 3 fully saturated rings. The third-order valence-corrected chi connectivity index (χ3v) is 11.7. The molecule has 19 nitrogen and oxygen atoms in total. The van der Waals surface area contributed by atoms with Crippen molar-refractivity contribution in [1.82, 2.24) is 5.32 Å². The first-order valence-corrected chi connectivity index (χ1v) is 23.2. The number of allylic oxidation sites excluding steroid dienone is 5. The molecule has 0 aromatic heterocycles. The van der Waals surface area contributed by atoms with Gasteiger partial charge in [0.1, 0.15) is 73.2 Å². The van der Waals surface area contributed by atoms with Gasteiger partial charge in [0.15, 0.2) is 18.9 Å². The summed E-state index contributed by atoms with van der Waals surface area (Å²) in [5.41, 5.74) is 0. The maximum absolute atomic E-state index is 12.0. The van der Waals surface area contributed by atoms with Gasteiger partial charge in [-0.25, -0.2) is 0 Å². The molecule has 0 aliphatic carbocycles. The lowest BCUT2D eigenvalue weighted by molar-refractivity contribution is -0.379. The summed E-state index contributed by atoms with van der Waals surface area (Å²) in [6.07, 6.45) is 2.88. The Morgan fingerprint density at radius 1 is 0.547 bits per heavy atom. The Bertz CT molecular complexity index is 1340. The molecule has 1 amide bonds. The monoisotopic (exact) mass is 922 g/mol. The first-order chi connectivity index (χ1) is 30.8. The van der Waals surface area contributed by atoms with Crippen molar-refractivity contribution in [2.24, 2.45) is 0 Å². The number of carbonyl (C=O) groups excluding carboxylic acids is 1. The van der Waals surface area contributed by atoms with Crippen LogP contribution >= 0.6 is 0 Å². The lowest BCUT2D eigenvalue weighted by atomic mass is 9.96. The molecule has 17 unspecified atom stereocenters. The van der Waals surface area contributed by atoms with Crippen LogP contribution in [-0.2, 0) is 33.2 Å². The van der Waals surface area contributed by atoms with Crippen LogP contribution < -0.4 is 5.32 Å². The molecule has 19 heteroatoms. The Balaban J connectivity index is 1.42. The van der Waals surface area contributed by atoms with Gasteiger partial charge in [-0.15, -0.1) is 0 Å². The number of hydrogen-bond donors (Lipinski definition) is 12. The first kappa shape index (κ1) is 56.3. The van der Waals surface area contributed by atoms with E-state index in [4.69, 9.17) is 28.4 Å². The maximum Gasteiger partial charge on any atom is 0.217 e. The quantitative estimate of drug-likeness (QED) is 0.0330. The van der Waals surface area contributed by atoms with Crippen LogP contribution in [0.1, 0.15) is 110 Å². The second-order valence-corrected chi connectivity index (χ2v) is 16.9. The fraction of sp³-hybridized carbons (Fsp3) is 0.844. The smallest absolute Gasteiger partial charge is 0.217 e. The molecule has 12 N–H and O–H groups in total. The fourth-order valence-corrected chi connectivity index (χ4v) is 7.84. The Labute approximate surface area is 377 Å². The van der Waals surface area contributed by atoms with E-state index in [1.807, 2.05) is 0 Å². The van der Waals surface area contributed by atoms with Crippen LogP contribution in [0.2, 0.25) is 0 Å². The lowest BCUT2D eigenvalue weighted by Crippen LogP contribution is -2.66. The van der Waals surface area contributed by atoms with Crippen molar-refractivity contribution in [3.05, 3.63) is 36.5 Å². The number of aliphatic hydroxyl groups excluding tert-OH is 11. The molecule has 3 aliphatic heterocycles. The second kappa shape index (κ2) is 31.1. The number of nitrogens with one attached hydrogen (secondary N) is 1. The van der Waals surface area contributed by atoms with Crippen molar-refractivity contribution >= 4 is 5.91 Å². The van der Waals surface area contributed by atoms with Crippen molar-refractivity contribution in [2.45, 2.75) is 214 Å². The van der Waals surface area contributed by atoms with E-state index in [-0.39, 0.29) is 6.61 Å². The van der Waals surface area contributed by atoms with Gasteiger partial charge in [0, 0.05) is 6.92 Å². The number of carbonyl (C=O) groups is 1. The van der Waals surface area contributed by atoms with E-state index in [0.717, 1.165) is 25.7 Å². The predicted octanol–water partition coefficient (Wildman–Crippen LogP) is -0.143. The summed E-state index contributed by atoms with van der Waals surface area (Å²) >= 11 is 0. The van der Waals surface area contributed by atoms with Gasteiger partial charge in [-0.3, -0.25) is 4.79 Å². The molecule has 0 spiro atoms. The normalized spacial score (nSPS) is 34.8. The highest BCUT2D eigenvalue weighted by molar-refractivity contribution is 5.73. The van der Waals surface area contributed by atoms with Crippen LogP contribution in [0.25, 0.3) is 0 Å². The first-order valence-electron chi connectivity index (χ1n) is 23.2. The third kappa shape index (κ3) is 18.2. The van der Waals surface area contributed by atoms with E-state index in [9.17, 15) is 61.0 Å². The molecule has 0 saturated carbocycles. The minimum Gasteiger partial charge on any atom is -0.394 e.